The molecule has 0 saturated carbocycles. The molecular formula is C4H3IN2OS. The third-order valence-corrected chi connectivity index (χ3v) is 1.80. The lowest BCUT2D eigenvalue weighted by atomic mass is 10.7. The first-order chi connectivity index (χ1) is 4.20. The second kappa shape index (κ2) is 2.61. The summed E-state index contributed by atoms with van der Waals surface area (Å²) in [6.07, 6.45) is 1.57. The van der Waals surface area contributed by atoms with Crippen LogP contribution in [-0.2, 0) is 0 Å². The molecule has 0 aliphatic carbocycles. The van der Waals surface area contributed by atoms with Crippen LogP contribution in [0.3, 0.4) is 0 Å². The minimum Gasteiger partial charge on any atom is -0.338 e. The van der Waals surface area contributed by atoms with E-state index in [1.165, 1.54) is 0 Å². The van der Waals surface area contributed by atoms with Crippen molar-refractivity contribution < 1.29 is 0 Å². The number of hydrogen-bond donors (Lipinski definition) is 2. The van der Waals surface area contributed by atoms with E-state index in [-0.39, 0.29) is 5.56 Å². The Balaban J connectivity index is 3.52. The summed E-state index contributed by atoms with van der Waals surface area (Å²) in [7, 11) is 0. The molecule has 0 atom stereocenters. The third-order valence-electron chi connectivity index (χ3n) is 0.774. The molecule has 1 aromatic heterocycles. The Morgan fingerprint density at radius 3 is 2.78 bits per heavy atom. The van der Waals surface area contributed by atoms with Crippen molar-refractivity contribution in [1.82, 2.24) is 9.97 Å². The van der Waals surface area contributed by atoms with Gasteiger partial charge in [-0.2, -0.15) is 0 Å². The Kier molecular flexibility index (Phi) is 2.01. The molecule has 5 heteroatoms. The van der Waals surface area contributed by atoms with E-state index in [0.29, 0.717) is 8.34 Å². The fourth-order valence-electron chi connectivity index (χ4n) is 0.393. The highest BCUT2D eigenvalue weighted by Crippen LogP contribution is 1.90. The van der Waals surface area contributed by atoms with E-state index in [9.17, 15) is 4.79 Å². The predicted molar refractivity (Wildman–Crippen MR) is 45.0 cm³/mol. The summed E-state index contributed by atoms with van der Waals surface area (Å²) in [5.74, 6) is 0. The van der Waals surface area contributed by atoms with E-state index >= 15 is 0 Å². The Labute approximate surface area is 69.7 Å². The number of H-pyrrole nitrogens is 2. The maximum absolute atomic E-state index is 10.7. The first kappa shape index (κ1) is 6.94. The average Bonchev–Trinajstić information content (AvgIpc) is 1.80. The Morgan fingerprint density at radius 1 is 1.67 bits per heavy atom. The van der Waals surface area contributed by atoms with Crippen molar-refractivity contribution >= 4 is 34.8 Å². The standard InChI is InChI=1S/C4H3IN2OS/c5-2-1-6-4(9)7-3(2)8/h1H,(H2,6,7,8,9)/i5-2. The smallest absolute Gasteiger partial charge is 0.265 e. The van der Waals surface area contributed by atoms with Crippen LogP contribution in [0.15, 0.2) is 11.0 Å². The number of aromatic nitrogens is 2. The van der Waals surface area contributed by atoms with Crippen molar-refractivity contribution in [2.24, 2.45) is 0 Å². The highest BCUT2D eigenvalue weighted by atomic mass is 125. The number of hydrogen-bond acceptors (Lipinski definition) is 2. The summed E-state index contributed by atoms with van der Waals surface area (Å²) in [4.78, 5) is 15.8. The largest absolute Gasteiger partial charge is 0.338 e. The van der Waals surface area contributed by atoms with Crippen molar-refractivity contribution in [3.8, 4) is 0 Å². The van der Waals surface area contributed by atoms with Crippen LogP contribution in [0.5, 0.6) is 0 Å². The summed E-state index contributed by atoms with van der Waals surface area (Å²) in [6, 6.07) is 0. The Hall–Kier alpha value is -0.170. The van der Waals surface area contributed by atoms with Crippen LogP contribution in [0.1, 0.15) is 0 Å². The number of aromatic amines is 2. The predicted octanol–water partition coefficient (Wildman–Crippen LogP) is 1.04. The molecule has 0 fully saturated rings. The summed E-state index contributed by atoms with van der Waals surface area (Å²) in [6.45, 7) is 0. The van der Waals surface area contributed by atoms with Gasteiger partial charge < -0.3 is 4.98 Å². The van der Waals surface area contributed by atoms with Crippen LogP contribution in [-0.4, -0.2) is 9.97 Å². The Morgan fingerprint density at radius 2 is 2.33 bits per heavy atom. The number of nitrogens with one attached hydrogen (secondary N) is 2. The lowest BCUT2D eigenvalue weighted by molar-refractivity contribution is 1.07. The summed E-state index contributed by atoms with van der Waals surface area (Å²) in [5.41, 5.74) is -0.139. The Bertz CT molecular complexity index is 315. The fourth-order valence-corrected chi connectivity index (χ4v) is 0.836. The van der Waals surface area contributed by atoms with Crippen molar-refractivity contribution in [3.63, 3.8) is 0 Å². The van der Waals surface area contributed by atoms with Gasteiger partial charge in [0, 0.05) is 6.20 Å². The second-order valence-electron chi connectivity index (χ2n) is 1.42. The molecule has 2 N–H and O–H groups in total. The van der Waals surface area contributed by atoms with Crippen molar-refractivity contribution in [3.05, 3.63) is 24.9 Å². The molecule has 0 bridgehead atoms. The van der Waals surface area contributed by atoms with E-state index < -0.39 is 0 Å². The molecule has 9 heavy (non-hydrogen) atoms. The molecule has 48 valence electrons. The van der Waals surface area contributed by atoms with Gasteiger partial charge in [0.1, 0.15) is 0 Å². The maximum Gasteiger partial charge on any atom is 0.265 e. The van der Waals surface area contributed by atoms with Gasteiger partial charge in [0.15, 0.2) is 4.77 Å². The van der Waals surface area contributed by atoms with Gasteiger partial charge in [-0.15, -0.1) is 0 Å². The molecule has 0 aromatic carbocycles. The van der Waals surface area contributed by atoms with Crippen LogP contribution in [0.25, 0.3) is 0 Å². The van der Waals surface area contributed by atoms with Crippen LogP contribution in [0, 0.1) is 8.34 Å². The molecule has 0 aliphatic heterocycles. The van der Waals surface area contributed by atoms with Crippen molar-refractivity contribution in [2.75, 3.05) is 0 Å². The van der Waals surface area contributed by atoms with Gasteiger partial charge in [-0.3, -0.25) is 9.78 Å². The van der Waals surface area contributed by atoms with Gasteiger partial charge in [-0.05, 0) is 34.8 Å². The fraction of sp³-hybridized carbons (Fsp3) is 0. The van der Waals surface area contributed by atoms with Crippen LogP contribution in [0.4, 0.5) is 0 Å². The van der Waals surface area contributed by atoms with E-state index in [2.05, 4.69) is 22.2 Å². The molecule has 0 radical (unpaired) electrons. The van der Waals surface area contributed by atoms with Crippen molar-refractivity contribution in [2.45, 2.75) is 0 Å². The summed E-state index contributed by atoms with van der Waals surface area (Å²) < 4.78 is 0.974. The molecule has 3 nitrogen and oxygen atoms in total. The van der Waals surface area contributed by atoms with E-state index in [0.717, 1.165) is 0 Å². The van der Waals surface area contributed by atoms with Crippen molar-refractivity contribution in [1.29, 1.82) is 0 Å². The van der Waals surface area contributed by atoms with Crippen LogP contribution < -0.4 is 5.56 Å². The van der Waals surface area contributed by atoms with E-state index in [1.807, 2.05) is 22.6 Å². The first-order valence-corrected chi connectivity index (χ1v) is 3.66. The lowest BCUT2D eigenvalue weighted by Gasteiger charge is -1.85. The minimum absolute atomic E-state index is 0.139. The molecule has 0 spiro atoms. The average molecular weight is 252 g/mol. The van der Waals surface area contributed by atoms with E-state index in [4.69, 9.17) is 0 Å². The topological polar surface area (TPSA) is 48.6 Å². The first-order valence-electron chi connectivity index (χ1n) is 2.17. The molecule has 1 aromatic rings. The van der Waals surface area contributed by atoms with Gasteiger partial charge in [-0.25, -0.2) is 0 Å². The molecule has 1 rings (SSSR count). The SMILES string of the molecule is O=c1[nH]c(=S)[nH]cc1[125I]. The van der Waals surface area contributed by atoms with Crippen LogP contribution >= 0.6 is 34.8 Å². The molecule has 0 unspecified atom stereocenters. The molecule has 0 amide bonds. The zero-order chi connectivity index (χ0) is 6.85. The van der Waals surface area contributed by atoms with Gasteiger partial charge in [-0.1, -0.05) is 0 Å². The van der Waals surface area contributed by atoms with Gasteiger partial charge in [0.05, 0.1) is 3.57 Å². The monoisotopic (exact) mass is 252 g/mol. The third kappa shape index (κ3) is 1.62. The number of rotatable bonds is 0. The quantitative estimate of drug-likeness (QED) is 0.535. The lowest BCUT2D eigenvalue weighted by Crippen LogP contribution is -2.09. The van der Waals surface area contributed by atoms with Gasteiger partial charge in [0.2, 0.25) is 0 Å². The molecule has 0 saturated heterocycles. The zero-order valence-corrected chi connectivity index (χ0v) is 7.25. The van der Waals surface area contributed by atoms with Crippen LogP contribution in [0.2, 0.25) is 0 Å². The maximum atomic E-state index is 10.7. The highest BCUT2D eigenvalue weighted by Gasteiger charge is 1.89. The molecule has 0 aliphatic rings. The van der Waals surface area contributed by atoms with Gasteiger partial charge in [0.25, 0.3) is 5.56 Å². The summed E-state index contributed by atoms with van der Waals surface area (Å²) >= 11 is 6.56. The summed E-state index contributed by atoms with van der Waals surface area (Å²) in [5, 5.41) is 0. The highest BCUT2D eigenvalue weighted by molar-refractivity contribution is 14.1. The normalized spacial score (nSPS) is 9.44. The second-order valence-corrected chi connectivity index (χ2v) is 2.99. The minimum atomic E-state index is -0.139. The zero-order valence-electron chi connectivity index (χ0n) is 4.27. The van der Waals surface area contributed by atoms with E-state index in [1.54, 1.807) is 6.20 Å². The van der Waals surface area contributed by atoms with Gasteiger partial charge >= 0.3 is 0 Å². The molecule has 1 heterocycles. The molecular weight excluding hydrogens is 249 g/mol. The number of halogens is 1.